The van der Waals surface area contributed by atoms with Gasteiger partial charge in [0, 0.05) is 12.3 Å². The van der Waals surface area contributed by atoms with Crippen LogP contribution in [0.3, 0.4) is 0 Å². The van der Waals surface area contributed by atoms with Crippen molar-refractivity contribution in [3.8, 4) is 0 Å². The molecule has 0 aromatic carbocycles. The van der Waals surface area contributed by atoms with Crippen LogP contribution in [-0.4, -0.2) is 24.7 Å². The monoisotopic (exact) mass is 180 g/mol. The number of aromatic nitrogens is 1. The van der Waals surface area contributed by atoms with E-state index in [0.717, 1.165) is 5.69 Å². The Kier molecular flexibility index (Phi) is 4.56. The summed E-state index contributed by atoms with van der Waals surface area (Å²) in [6, 6.07) is 6.47. The molecule has 0 saturated heterocycles. The fourth-order valence-corrected chi connectivity index (χ4v) is 0.761. The molecule has 0 N–H and O–H groups in total. The van der Waals surface area contributed by atoms with Gasteiger partial charge in [-0.05, 0) is 6.07 Å². The fourth-order valence-electron chi connectivity index (χ4n) is 0.761. The number of ether oxygens (including phenoxy) is 2. The van der Waals surface area contributed by atoms with E-state index in [2.05, 4.69) is 15.8 Å². The molecule has 0 aliphatic heterocycles. The second-order valence-corrected chi connectivity index (χ2v) is 2.25. The van der Waals surface area contributed by atoms with Crippen LogP contribution >= 0.6 is 0 Å². The van der Waals surface area contributed by atoms with Gasteiger partial charge in [0.15, 0.2) is 0 Å². The van der Waals surface area contributed by atoms with E-state index < -0.39 is 0 Å². The lowest BCUT2D eigenvalue weighted by Gasteiger charge is -2.01. The van der Waals surface area contributed by atoms with Gasteiger partial charge in [0.25, 0.3) is 6.47 Å². The molecule has 4 nitrogen and oxygen atoms in total. The lowest BCUT2D eigenvalue weighted by molar-refractivity contribution is -0.130. The van der Waals surface area contributed by atoms with Crippen LogP contribution in [0.2, 0.25) is 0 Å². The molecule has 1 radical (unpaired) electrons. The summed E-state index contributed by atoms with van der Waals surface area (Å²) in [4.78, 5) is 13.7. The number of rotatable bonds is 6. The fraction of sp³-hybridized carbons (Fsp3) is 0.333. The molecular weight excluding hydrogens is 170 g/mol. The van der Waals surface area contributed by atoms with Crippen LogP contribution in [0.5, 0.6) is 0 Å². The Hall–Kier alpha value is -1.42. The summed E-state index contributed by atoms with van der Waals surface area (Å²) in [5, 5.41) is 0. The Morgan fingerprint density at radius 3 is 3.15 bits per heavy atom. The molecule has 1 aromatic rings. The van der Waals surface area contributed by atoms with Gasteiger partial charge >= 0.3 is 0 Å². The van der Waals surface area contributed by atoms with E-state index in [1.54, 1.807) is 18.3 Å². The van der Waals surface area contributed by atoms with E-state index in [0.29, 0.717) is 19.7 Å². The Labute approximate surface area is 76.5 Å². The topological polar surface area (TPSA) is 48.4 Å². The van der Waals surface area contributed by atoms with Crippen LogP contribution in [0.15, 0.2) is 18.3 Å². The third-order valence-corrected chi connectivity index (χ3v) is 1.31. The minimum Gasteiger partial charge on any atom is -0.465 e. The van der Waals surface area contributed by atoms with Gasteiger partial charge in [0.2, 0.25) is 0 Å². The molecule has 13 heavy (non-hydrogen) atoms. The van der Waals surface area contributed by atoms with E-state index in [-0.39, 0.29) is 6.61 Å². The normalized spacial score (nSPS) is 9.54. The zero-order chi connectivity index (χ0) is 9.36. The molecule has 0 aliphatic carbocycles. The number of hydrogen-bond acceptors (Lipinski definition) is 4. The van der Waals surface area contributed by atoms with Crippen LogP contribution in [0.4, 0.5) is 0 Å². The Morgan fingerprint density at radius 2 is 2.46 bits per heavy atom. The van der Waals surface area contributed by atoms with Crippen LogP contribution in [0.25, 0.3) is 0 Å². The molecule has 0 saturated carbocycles. The summed E-state index contributed by atoms with van der Waals surface area (Å²) in [5.74, 6) is 0. The molecule has 1 heterocycles. The molecule has 0 fully saturated rings. The molecule has 0 aliphatic rings. The van der Waals surface area contributed by atoms with Crippen molar-refractivity contribution in [2.45, 2.75) is 6.61 Å². The Bertz CT molecular complexity index is 238. The van der Waals surface area contributed by atoms with E-state index in [4.69, 9.17) is 4.74 Å². The van der Waals surface area contributed by atoms with Crippen molar-refractivity contribution in [1.82, 2.24) is 4.98 Å². The molecule has 0 atom stereocenters. The highest BCUT2D eigenvalue weighted by molar-refractivity contribution is 5.36. The summed E-state index contributed by atoms with van der Waals surface area (Å²) < 4.78 is 9.58. The zero-order valence-corrected chi connectivity index (χ0v) is 7.10. The van der Waals surface area contributed by atoms with Crippen molar-refractivity contribution in [3.63, 3.8) is 0 Å². The van der Waals surface area contributed by atoms with Crippen molar-refractivity contribution < 1.29 is 14.3 Å². The predicted octanol–water partition coefficient (Wildman–Crippen LogP) is 0.571. The van der Waals surface area contributed by atoms with Crippen molar-refractivity contribution in [2.24, 2.45) is 0 Å². The number of carbonyl (C=O) groups is 1. The average molecular weight is 180 g/mol. The zero-order valence-electron chi connectivity index (χ0n) is 7.10. The minimum atomic E-state index is 0.274. The lowest BCUT2D eigenvalue weighted by atomic mass is 10.4. The number of carbonyl (C=O) groups excluding carboxylic acids is 1. The van der Waals surface area contributed by atoms with E-state index in [1.807, 2.05) is 0 Å². The summed E-state index contributed by atoms with van der Waals surface area (Å²) in [7, 11) is 0. The number of hydrogen-bond donors (Lipinski definition) is 0. The first-order chi connectivity index (χ1) is 6.43. The lowest BCUT2D eigenvalue weighted by Crippen LogP contribution is -2.03. The molecule has 0 unspecified atom stereocenters. The summed E-state index contributed by atoms with van der Waals surface area (Å²) >= 11 is 0. The third kappa shape index (κ3) is 4.22. The molecule has 0 spiro atoms. The summed E-state index contributed by atoms with van der Waals surface area (Å²) in [5.41, 5.74) is 0.744. The third-order valence-electron chi connectivity index (χ3n) is 1.31. The molecule has 1 aromatic heterocycles. The minimum absolute atomic E-state index is 0.274. The van der Waals surface area contributed by atoms with E-state index in [1.165, 1.54) is 0 Å². The van der Waals surface area contributed by atoms with Crippen molar-refractivity contribution in [1.29, 1.82) is 0 Å². The summed E-state index contributed by atoms with van der Waals surface area (Å²) in [6.45, 7) is 1.44. The highest BCUT2D eigenvalue weighted by atomic mass is 16.5. The Balaban J connectivity index is 2.10. The standard InChI is InChI=1S/C9H10NO3/c11-8-13-6-5-12-7-9-3-1-2-4-10-9/h1-2,4,8H,5-7H2. The molecule has 69 valence electrons. The molecule has 0 amide bonds. The average Bonchev–Trinajstić information content (AvgIpc) is 2.19. The molecule has 4 heteroatoms. The first kappa shape index (κ1) is 9.67. The quantitative estimate of drug-likeness (QED) is 0.474. The Morgan fingerprint density at radius 1 is 1.54 bits per heavy atom. The second-order valence-electron chi connectivity index (χ2n) is 2.25. The van der Waals surface area contributed by atoms with Gasteiger partial charge in [-0.2, -0.15) is 0 Å². The second kappa shape index (κ2) is 6.14. The smallest absolute Gasteiger partial charge is 0.293 e. The van der Waals surface area contributed by atoms with Gasteiger partial charge in [-0.25, -0.2) is 0 Å². The van der Waals surface area contributed by atoms with Crippen molar-refractivity contribution >= 4 is 6.47 Å². The largest absolute Gasteiger partial charge is 0.465 e. The predicted molar refractivity (Wildman–Crippen MR) is 44.7 cm³/mol. The summed E-state index contributed by atoms with van der Waals surface area (Å²) in [6.07, 6.45) is 1.68. The maximum atomic E-state index is 9.74. The van der Waals surface area contributed by atoms with Gasteiger partial charge < -0.3 is 9.47 Å². The first-order valence-corrected chi connectivity index (χ1v) is 3.88. The van der Waals surface area contributed by atoms with Crippen molar-refractivity contribution in [2.75, 3.05) is 13.2 Å². The van der Waals surface area contributed by atoms with Crippen LogP contribution < -0.4 is 0 Å². The van der Waals surface area contributed by atoms with Gasteiger partial charge in [-0.1, -0.05) is 6.07 Å². The highest BCUT2D eigenvalue weighted by Gasteiger charge is 1.92. The number of pyridine rings is 1. The van der Waals surface area contributed by atoms with Gasteiger partial charge in [0.05, 0.1) is 18.9 Å². The molecule has 1 rings (SSSR count). The maximum absolute atomic E-state index is 9.74. The molecular formula is C9H10NO3. The van der Waals surface area contributed by atoms with Gasteiger partial charge in [-0.15, -0.1) is 0 Å². The van der Waals surface area contributed by atoms with E-state index >= 15 is 0 Å². The first-order valence-electron chi connectivity index (χ1n) is 3.88. The van der Waals surface area contributed by atoms with Crippen LogP contribution in [0.1, 0.15) is 5.69 Å². The van der Waals surface area contributed by atoms with Crippen LogP contribution in [-0.2, 0) is 20.9 Å². The SMILES string of the molecule is O=COCCOCc1[c]cccn1. The maximum Gasteiger partial charge on any atom is 0.293 e. The highest BCUT2D eigenvalue weighted by Crippen LogP contribution is 1.94. The van der Waals surface area contributed by atoms with Crippen molar-refractivity contribution in [3.05, 3.63) is 30.1 Å². The molecule has 0 bridgehead atoms. The van der Waals surface area contributed by atoms with E-state index in [9.17, 15) is 4.79 Å². The van der Waals surface area contributed by atoms with Crippen LogP contribution in [0, 0.1) is 6.07 Å². The van der Waals surface area contributed by atoms with Gasteiger partial charge in [-0.3, -0.25) is 9.78 Å². The number of nitrogens with zero attached hydrogens (tertiary/aromatic N) is 1. The van der Waals surface area contributed by atoms with Gasteiger partial charge in [0.1, 0.15) is 6.61 Å².